The molecule has 4 aromatic heterocycles. The molecule has 0 radical (unpaired) electrons. The zero-order chi connectivity index (χ0) is 25.4. The van der Waals surface area contributed by atoms with Crippen molar-refractivity contribution in [3.63, 3.8) is 0 Å². The van der Waals surface area contributed by atoms with Gasteiger partial charge in [-0.2, -0.15) is 0 Å². The highest BCUT2D eigenvalue weighted by molar-refractivity contribution is 6.31. The van der Waals surface area contributed by atoms with Gasteiger partial charge in [0.25, 0.3) is 5.56 Å². The largest absolute Gasteiger partial charge is 0.485 e. The van der Waals surface area contributed by atoms with Crippen LogP contribution in [0, 0.1) is 25.5 Å². The summed E-state index contributed by atoms with van der Waals surface area (Å²) in [5.41, 5.74) is 2.42. The van der Waals surface area contributed by atoms with Crippen LogP contribution in [0.1, 0.15) is 29.8 Å². The molecule has 0 atom stereocenters. The molecular formula is C25H21ClF2N6O2. The van der Waals surface area contributed by atoms with Crippen LogP contribution < -0.4 is 15.6 Å². The first kappa shape index (κ1) is 23.8. The molecule has 0 aromatic carbocycles. The third-order valence-electron chi connectivity index (χ3n) is 5.69. The highest BCUT2D eigenvalue weighted by Gasteiger charge is 2.22. The number of aryl methyl sites for hydroxylation is 2. The van der Waals surface area contributed by atoms with Gasteiger partial charge in [0.2, 0.25) is 5.95 Å². The predicted octanol–water partition coefficient (Wildman–Crippen LogP) is 4.79. The van der Waals surface area contributed by atoms with E-state index in [1.807, 2.05) is 6.92 Å². The lowest BCUT2D eigenvalue weighted by Gasteiger charge is -2.16. The van der Waals surface area contributed by atoms with E-state index in [0.717, 1.165) is 24.6 Å². The average molecular weight is 511 g/mol. The highest BCUT2D eigenvalue weighted by atomic mass is 35.5. The Morgan fingerprint density at radius 2 is 1.92 bits per heavy atom. The van der Waals surface area contributed by atoms with Crippen molar-refractivity contribution in [1.29, 1.82) is 0 Å². The monoisotopic (exact) mass is 510 g/mol. The van der Waals surface area contributed by atoms with Gasteiger partial charge in [0.05, 0.1) is 23.3 Å². The number of hydrogen-bond donors (Lipinski definition) is 1. The Labute approximate surface area is 210 Å². The van der Waals surface area contributed by atoms with E-state index < -0.39 is 17.2 Å². The lowest BCUT2D eigenvalue weighted by atomic mass is 10.1. The van der Waals surface area contributed by atoms with Gasteiger partial charge >= 0.3 is 0 Å². The van der Waals surface area contributed by atoms with Crippen LogP contribution in [0.2, 0.25) is 5.02 Å². The third-order valence-corrected chi connectivity index (χ3v) is 6.04. The van der Waals surface area contributed by atoms with E-state index in [9.17, 15) is 13.6 Å². The molecule has 0 amide bonds. The number of hydrogen-bond acceptors (Lipinski definition) is 7. The molecule has 1 fully saturated rings. The third kappa shape index (κ3) is 4.90. The minimum Gasteiger partial charge on any atom is -0.485 e. The second-order valence-corrected chi connectivity index (χ2v) is 8.89. The molecule has 5 rings (SSSR count). The molecule has 1 aliphatic rings. The summed E-state index contributed by atoms with van der Waals surface area (Å²) >= 11 is 6.36. The molecule has 1 N–H and O–H groups in total. The van der Waals surface area contributed by atoms with E-state index in [0.29, 0.717) is 40.8 Å². The highest BCUT2D eigenvalue weighted by Crippen LogP contribution is 2.28. The quantitative estimate of drug-likeness (QED) is 0.382. The van der Waals surface area contributed by atoms with Crippen molar-refractivity contribution in [2.45, 2.75) is 39.3 Å². The van der Waals surface area contributed by atoms with Crippen LogP contribution in [0.4, 0.5) is 14.7 Å². The molecule has 1 aliphatic carbocycles. The Kier molecular flexibility index (Phi) is 6.36. The van der Waals surface area contributed by atoms with Crippen molar-refractivity contribution < 1.29 is 13.5 Å². The van der Waals surface area contributed by atoms with Gasteiger partial charge in [-0.1, -0.05) is 11.6 Å². The normalized spacial score (nSPS) is 13.0. The molecule has 0 spiro atoms. The fraction of sp³-hybridized carbons (Fsp3) is 0.240. The lowest BCUT2D eigenvalue weighted by molar-refractivity contribution is 0.292. The van der Waals surface area contributed by atoms with Gasteiger partial charge in [0.15, 0.2) is 5.82 Å². The first-order valence-corrected chi connectivity index (χ1v) is 11.6. The van der Waals surface area contributed by atoms with Crippen molar-refractivity contribution in [2.75, 3.05) is 5.32 Å². The number of anilines is 1. The fourth-order valence-corrected chi connectivity index (χ4v) is 3.85. The first-order valence-electron chi connectivity index (χ1n) is 11.2. The second kappa shape index (κ2) is 9.62. The van der Waals surface area contributed by atoms with Crippen molar-refractivity contribution in [2.24, 2.45) is 0 Å². The topological polar surface area (TPSA) is 94.8 Å². The van der Waals surface area contributed by atoms with E-state index in [2.05, 4.69) is 25.3 Å². The number of nitrogens with zero attached hydrogens (tertiary/aromatic N) is 5. The SMILES string of the molecule is Cc1cnc(-c2ccnc(NC3CC3)n2)cc1-n1c(C)cc(OCc2ncc(F)cc2F)c(Cl)c1=O. The van der Waals surface area contributed by atoms with Gasteiger partial charge in [-0.05, 0) is 44.4 Å². The van der Waals surface area contributed by atoms with Gasteiger partial charge < -0.3 is 10.1 Å². The van der Waals surface area contributed by atoms with E-state index in [4.69, 9.17) is 16.3 Å². The minimum absolute atomic E-state index is 0.0690. The zero-order valence-corrected chi connectivity index (χ0v) is 20.2. The molecule has 0 bridgehead atoms. The Hall–Kier alpha value is -3.92. The van der Waals surface area contributed by atoms with E-state index in [1.165, 1.54) is 4.57 Å². The number of nitrogens with one attached hydrogen (secondary N) is 1. The fourth-order valence-electron chi connectivity index (χ4n) is 3.66. The van der Waals surface area contributed by atoms with Crippen molar-refractivity contribution in [3.05, 3.63) is 86.8 Å². The summed E-state index contributed by atoms with van der Waals surface area (Å²) in [4.78, 5) is 30.3. The van der Waals surface area contributed by atoms with Crippen molar-refractivity contribution >= 4 is 17.5 Å². The van der Waals surface area contributed by atoms with Gasteiger partial charge in [-0.15, -0.1) is 0 Å². The number of pyridine rings is 3. The molecule has 4 aromatic rings. The summed E-state index contributed by atoms with van der Waals surface area (Å²) in [6.45, 7) is 3.24. The summed E-state index contributed by atoms with van der Waals surface area (Å²) in [5, 5.41) is 3.08. The second-order valence-electron chi connectivity index (χ2n) is 8.52. The first-order chi connectivity index (χ1) is 17.3. The Morgan fingerprint density at radius 1 is 1.11 bits per heavy atom. The molecule has 36 heavy (non-hydrogen) atoms. The minimum atomic E-state index is -0.851. The molecule has 11 heteroatoms. The predicted molar refractivity (Wildman–Crippen MR) is 130 cm³/mol. The number of halogens is 3. The van der Waals surface area contributed by atoms with Gasteiger partial charge in [0.1, 0.15) is 28.9 Å². The van der Waals surface area contributed by atoms with Crippen molar-refractivity contribution in [3.8, 4) is 22.8 Å². The maximum Gasteiger partial charge on any atom is 0.277 e. The number of ether oxygens (including phenoxy) is 1. The lowest BCUT2D eigenvalue weighted by Crippen LogP contribution is -2.23. The molecular weight excluding hydrogens is 490 g/mol. The van der Waals surface area contributed by atoms with Crippen molar-refractivity contribution in [1.82, 2.24) is 24.5 Å². The molecule has 8 nitrogen and oxygen atoms in total. The zero-order valence-electron chi connectivity index (χ0n) is 19.4. The Balaban J connectivity index is 1.47. The Morgan fingerprint density at radius 3 is 2.67 bits per heavy atom. The average Bonchev–Trinajstić information content (AvgIpc) is 3.67. The molecule has 1 saturated carbocycles. The van der Waals surface area contributed by atoms with Crippen LogP contribution in [-0.4, -0.2) is 30.5 Å². The van der Waals surface area contributed by atoms with Crippen LogP contribution in [0.5, 0.6) is 5.75 Å². The summed E-state index contributed by atoms with van der Waals surface area (Å²) in [6.07, 6.45) is 6.40. The molecule has 0 saturated heterocycles. The van der Waals surface area contributed by atoms with E-state index >= 15 is 0 Å². The molecule has 0 unspecified atom stereocenters. The molecule has 4 heterocycles. The van der Waals surface area contributed by atoms with Crippen LogP contribution in [0.25, 0.3) is 17.1 Å². The summed E-state index contributed by atoms with van der Waals surface area (Å²) in [5.74, 6) is -1.04. The van der Waals surface area contributed by atoms with Gasteiger partial charge in [0, 0.05) is 36.3 Å². The van der Waals surface area contributed by atoms with Crippen LogP contribution in [0.15, 0.2) is 47.7 Å². The maximum absolute atomic E-state index is 13.9. The number of aromatic nitrogens is 5. The smallest absolute Gasteiger partial charge is 0.277 e. The molecule has 0 aliphatic heterocycles. The summed E-state index contributed by atoms with van der Waals surface area (Å²) in [6, 6.07) is 6.21. The van der Waals surface area contributed by atoms with E-state index in [1.54, 1.807) is 37.5 Å². The number of rotatable bonds is 7. The van der Waals surface area contributed by atoms with E-state index in [-0.39, 0.29) is 23.1 Å². The van der Waals surface area contributed by atoms with Gasteiger partial charge in [-0.3, -0.25) is 19.3 Å². The Bertz CT molecular complexity index is 1520. The van der Waals surface area contributed by atoms with Crippen LogP contribution in [-0.2, 0) is 6.61 Å². The van der Waals surface area contributed by atoms with Crippen LogP contribution >= 0.6 is 11.6 Å². The summed E-state index contributed by atoms with van der Waals surface area (Å²) < 4.78 is 34.0. The summed E-state index contributed by atoms with van der Waals surface area (Å²) in [7, 11) is 0. The maximum atomic E-state index is 13.9. The van der Waals surface area contributed by atoms with Gasteiger partial charge in [-0.25, -0.2) is 18.7 Å². The standard InChI is InChI=1S/C25H21ClF2N6O2/c1-13-10-30-19(18-5-6-29-25(33-18)32-16-3-4-16)9-21(13)34-14(2)7-22(23(26)24(34)35)36-12-20-17(28)8-15(27)11-31-20/h5-11,16H,3-4,12H2,1-2H3,(H,29,32,33). The molecule has 184 valence electrons. The van der Waals surface area contributed by atoms with Crippen LogP contribution in [0.3, 0.4) is 0 Å².